The molecular formula is C15H14N2O. The van der Waals surface area contributed by atoms with Gasteiger partial charge in [-0.25, -0.2) is 0 Å². The molecule has 0 amide bonds. The topological polar surface area (TPSA) is 39.7 Å². The van der Waals surface area contributed by atoms with E-state index in [1.165, 1.54) is 0 Å². The molecule has 3 nitrogen and oxygen atoms in total. The zero-order valence-corrected chi connectivity index (χ0v) is 10.1. The highest BCUT2D eigenvalue weighted by Gasteiger charge is 2.08. The van der Waals surface area contributed by atoms with Crippen molar-refractivity contribution < 1.29 is 4.74 Å². The summed E-state index contributed by atoms with van der Waals surface area (Å²) in [6, 6.07) is 16.0. The lowest BCUT2D eigenvalue weighted by molar-refractivity contribution is 0.415. The third kappa shape index (κ3) is 1.61. The average Bonchev–Trinajstić information content (AvgIpc) is 2.77. The molecule has 90 valence electrons. The first-order valence-corrected chi connectivity index (χ1v) is 5.79. The van der Waals surface area contributed by atoms with E-state index >= 15 is 0 Å². The normalized spacial score (nSPS) is 10.7. The van der Waals surface area contributed by atoms with E-state index in [0.717, 1.165) is 28.2 Å². The molecule has 2 aromatic heterocycles. The average molecular weight is 238 g/mol. The van der Waals surface area contributed by atoms with Crippen LogP contribution in [0.1, 0.15) is 0 Å². The summed E-state index contributed by atoms with van der Waals surface area (Å²) >= 11 is 0. The predicted octanol–water partition coefficient (Wildman–Crippen LogP) is 3.20. The summed E-state index contributed by atoms with van der Waals surface area (Å²) < 4.78 is 7.14. The largest absolute Gasteiger partial charge is 0.497 e. The molecular weight excluding hydrogens is 224 g/mol. The van der Waals surface area contributed by atoms with Crippen LogP contribution in [0.3, 0.4) is 0 Å². The van der Waals surface area contributed by atoms with Gasteiger partial charge in [-0.3, -0.25) is 0 Å². The van der Waals surface area contributed by atoms with Gasteiger partial charge in [-0.05, 0) is 35.9 Å². The van der Waals surface area contributed by atoms with Crippen molar-refractivity contribution in [2.24, 2.45) is 0 Å². The second-order valence-electron chi connectivity index (χ2n) is 4.17. The first kappa shape index (κ1) is 10.7. The lowest BCUT2D eigenvalue weighted by Gasteiger charge is -2.03. The van der Waals surface area contributed by atoms with Crippen LogP contribution in [0.2, 0.25) is 0 Å². The monoisotopic (exact) mass is 238 g/mol. The van der Waals surface area contributed by atoms with E-state index in [-0.39, 0.29) is 0 Å². The van der Waals surface area contributed by atoms with E-state index < -0.39 is 0 Å². The van der Waals surface area contributed by atoms with Gasteiger partial charge in [0.1, 0.15) is 11.6 Å². The molecule has 3 aromatic rings. The van der Waals surface area contributed by atoms with Crippen LogP contribution in [0, 0.1) is 0 Å². The summed E-state index contributed by atoms with van der Waals surface area (Å²) in [7, 11) is 1.66. The molecule has 0 spiro atoms. The van der Waals surface area contributed by atoms with E-state index in [2.05, 4.69) is 6.07 Å². The summed E-state index contributed by atoms with van der Waals surface area (Å²) in [6.45, 7) is 0. The van der Waals surface area contributed by atoms with Crippen molar-refractivity contribution in [3.63, 3.8) is 0 Å². The third-order valence-corrected chi connectivity index (χ3v) is 3.12. The number of nitrogen functional groups attached to an aromatic ring is 1. The number of rotatable bonds is 2. The second kappa shape index (κ2) is 4.11. The van der Waals surface area contributed by atoms with E-state index in [4.69, 9.17) is 10.5 Å². The first-order chi connectivity index (χ1) is 8.79. The van der Waals surface area contributed by atoms with Crippen LogP contribution in [-0.2, 0) is 0 Å². The van der Waals surface area contributed by atoms with Crippen LogP contribution in [0.5, 0.6) is 5.75 Å². The number of benzene rings is 1. The predicted molar refractivity (Wildman–Crippen MR) is 73.8 cm³/mol. The van der Waals surface area contributed by atoms with Crippen LogP contribution >= 0.6 is 0 Å². The minimum atomic E-state index is 0.760. The Morgan fingerprint density at radius 2 is 1.83 bits per heavy atom. The maximum Gasteiger partial charge on any atom is 0.118 e. The Morgan fingerprint density at radius 1 is 1.06 bits per heavy atom. The van der Waals surface area contributed by atoms with Gasteiger partial charge >= 0.3 is 0 Å². The number of fused-ring (bicyclic) bond motifs is 1. The lowest BCUT2D eigenvalue weighted by atomic mass is 10.1. The van der Waals surface area contributed by atoms with Crippen molar-refractivity contribution in [3.05, 3.63) is 54.7 Å². The fourth-order valence-corrected chi connectivity index (χ4v) is 2.15. The minimum Gasteiger partial charge on any atom is -0.497 e. The lowest BCUT2D eigenvalue weighted by Crippen LogP contribution is -1.93. The van der Waals surface area contributed by atoms with Crippen molar-refractivity contribution in [2.75, 3.05) is 12.8 Å². The van der Waals surface area contributed by atoms with Crippen LogP contribution in [0.15, 0.2) is 54.7 Å². The summed E-state index contributed by atoms with van der Waals surface area (Å²) in [5, 5.41) is 0. The molecule has 0 unspecified atom stereocenters. The summed E-state index contributed by atoms with van der Waals surface area (Å²) in [5.41, 5.74) is 9.41. The van der Waals surface area contributed by atoms with Crippen molar-refractivity contribution in [1.29, 1.82) is 0 Å². The smallest absolute Gasteiger partial charge is 0.118 e. The quantitative estimate of drug-likeness (QED) is 0.744. The highest BCUT2D eigenvalue weighted by molar-refractivity contribution is 5.81. The van der Waals surface area contributed by atoms with Gasteiger partial charge in [0.05, 0.1) is 7.11 Å². The van der Waals surface area contributed by atoms with Crippen LogP contribution < -0.4 is 10.5 Å². The number of aromatic nitrogens is 1. The standard InChI is InChI=1S/C15H14N2O/c1-18-13-7-5-11(6-8-13)14-10-12-4-2-3-9-17(12)15(14)16/h2-10H,16H2,1H3. The Labute approximate surface area is 105 Å². The number of nitrogens with zero attached hydrogens (tertiary/aromatic N) is 1. The van der Waals surface area contributed by atoms with Crippen molar-refractivity contribution >= 4 is 11.3 Å². The molecule has 1 aromatic carbocycles. The molecule has 0 aliphatic carbocycles. The molecule has 0 bridgehead atoms. The summed E-state index contributed by atoms with van der Waals surface area (Å²) in [4.78, 5) is 0. The number of hydrogen-bond donors (Lipinski definition) is 1. The van der Waals surface area contributed by atoms with E-state index in [9.17, 15) is 0 Å². The molecule has 0 saturated heterocycles. The molecule has 0 radical (unpaired) electrons. The summed E-state index contributed by atoms with van der Waals surface area (Å²) in [5.74, 6) is 1.61. The fraction of sp³-hybridized carbons (Fsp3) is 0.0667. The molecule has 2 heterocycles. The van der Waals surface area contributed by atoms with Gasteiger partial charge in [0.15, 0.2) is 0 Å². The molecule has 0 atom stereocenters. The number of nitrogens with two attached hydrogens (primary N) is 1. The Morgan fingerprint density at radius 3 is 2.50 bits per heavy atom. The highest BCUT2D eigenvalue weighted by atomic mass is 16.5. The Bertz CT molecular complexity index is 683. The Kier molecular flexibility index (Phi) is 2.45. The molecule has 3 heteroatoms. The van der Waals surface area contributed by atoms with E-state index in [0.29, 0.717) is 0 Å². The molecule has 18 heavy (non-hydrogen) atoms. The molecule has 2 N–H and O–H groups in total. The van der Waals surface area contributed by atoms with Gasteiger partial charge in [-0.15, -0.1) is 0 Å². The fourth-order valence-electron chi connectivity index (χ4n) is 2.15. The number of anilines is 1. The van der Waals surface area contributed by atoms with Gasteiger partial charge in [-0.2, -0.15) is 0 Å². The SMILES string of the molecule is COc1ccc(-c2cc3ccccn3c2N)cc1. The Balaban J connectivity index is 2.15. The maximum atomic E-state index is 6.17. The number of ether oxygens (including phenoxy) is 1. The molecule has 0 aliphatic heterocycles. The van der Waals surface area contributed by atoms with Crippen molar-refractivity contribution in [1.82, 2.24) is 4.40 Å². The Hall–Kier alpha value is -2.42. The molecule has 3 rings (SSSR count). The van der Waals surface area contributed by atoms with Gasteiger partial charge < -0.3 is 14.9 Å². The van der Waals surface area contributed by atoms with Crippen LogP contribution in [0.25, 0.3) is 16.6 Å². The summed E-state index contributed by atoms with van der Waals surface area (Å²) in [6.07, 6.45) is 1.97. The number of methoxy groups -OCH3 is 1. The zero-order valence-electron chi connectivity index (χ0n) is 10.1. The van der Waals surface area contributed by atoms with Gasteiger partial charge in [0, 0.05) is 17.3 Å². The number of hydrogen-bond acceptors (Lipinski definition) is 2. The first-order valence-electron chi connectivity index (χ1n) is 5.79. The van der Waals surface area contributed by atoms with Crippen molar-refractivity contribution in [2.45, 2.75) is 0 Å². The van der Waals surface area contributed by atoms with Gasteiger partial charge in [-0.1, -0.05) is 18.2 Å². The number of pyridine rings is 1. The van der Waals surface area contributed by atoms with Crippen LogP contribution in [0.4, 0.5) is 5.82 Å². The van der Waals surface area contributed by atoms with E-state index in [1.807, 2.05) is 53.1 Å². The third-order valence-electron chi connectivity index (χ3n) is 3.12. The van der Waals surface area contributed by atoms with E-state index in [1.54, 1.807) is 7.11 Å². The van der Waals surface area contributed by atoms with Crippen LogP contribution in [-0.4, -0.2) is 11.5 Å². The zero-order chi connectivity index (χ0) is 12.5. The molecule has 0 aliphatic rings. The minimum absolute atomic E-state index is 0.760. The van der Waals surface area contributed by atoms with Crippen molar-refractivity contribution in [3.8, 4) is 16.9 Å². The van der Waals surface area contributed by atoms with Gasteiger partial charge in [0.25, 0.3) is 0 Å². The molecule has 0 saturated carbocycles. The maximum absolute atomic E-state index is 6.17. The van der Waals surface area contributed by atoms with Gasteiger partial charge in [0.2, 0.25) is 0 Å². The second-order valence-corrected chi connectivity index (χ2v) is 4.17. The highest BCUT2D eigenvalue weighted by Crippen LogP contribution is 2.30. The molecule has 0 fully saturated rings.